The molecule has 0 bridgehead atoms. The van der Waals surface area contributed by atoms with Crippen LogP contribution in [0.4, 0.5) is 0 Å². The molecule has 0 unspecified atom stereocenters. The molecule has 0 radical (unpaired) electrons. The number of nitrogens with zero attached hydrogens (tertiary/aromatic N) is 1. The number of carbonyl (C=O) groups excluding carboxylic acids is 1. The molecule has 1 aliphatic rings. The van der Waals surface area contributed by atoms with Crippen LogP contribution in [0.2, 0.25) is 0 Å². The van der Waals surface area contributed by atoms with Gasteiger partial charge in [0, 0.05) is 19.2 Å². The van der Waals surface area contributed by atoms with E-state index in [1.54, 1.807) is 13.2 Å². The highest BCUT2D eigenvalue weighted by Crippen LogP contribution is 2.26. The number of ether oxygens (including phenoxy) is 1. The smallest absolute Gasteiger partial charge is 0.408 e. The summed E-state index contributed by atoms with van der Waals surface area (Å²) < 4.78 is 10.3. The highest BCUT2D eigenvalue weighted by molar-refractivity contribution is 5.96. The van der Waals surface area contributed by atoms with Crippen LogP contribution in [-0.2, 0) is 4.74 Å². The molecule has 26 heavy (non-hydrogen) atoms. The van der Waals surface area contributed by atoms with Gasteiger partial charge in [-0.15, -0.1) is 0 Å². The summed E-state index contributed by atoms with van der Waals surface area (Å²) in [6.45, 7) is 1.33. The van der Waals surface area contributed by atoms with Crippen LogP contribution in [0.25, 0.3) is 22.2 Å². The van der Waals surface area contributed by atoms with E-state index in [-0.39, 0.29) is 11.9 Å². The SMILES string of the molecule is COC[C@@H]1CCCN1C(=O)c1cccc(-c2ccc3oc(=O)[nH]c3c2)c1. The largest absolute Gasteiger partial charge is 0.417 e. The van der Waals surface area contributed by atoms with Gasteiger partial charge in [-0.1, -0.05) is 18.2 Å². The van der Waals surface area contributed by atoms with Gasteiger partial charge >= 0.3 is 5.76 Å². The van der Waals surface area contributed by atoms with Crippen LogP contribution >= 0.6 is 0 Å². The minimum absolute atomic E-state index is 0.0317. The van der Waals surface area contributed by atoms with Crippen LogP contribution in [0.1, 0.15) is 23.2 Å². The summed E-state index contributed by atoms with van der Waals surface area (Å²) in [5.41, 5.74) is 3.65. The standard InChI is InChI=1S/C20H20N2O4/c1-25-12-16-6-3-9-22(16)19(23)15-5-2-4-13(10-15)14-7-8-18-17(11-14)21-20(24)26-18/h2,4-5,7-8,10-11,16H,3,6,9,12H2,1H3,(H,21,24)/t16-/m0/s1. The van der Waals surface area contributed by atoms with Crippen LogP contribution in [0.15, 0.2) is 51.7 Å². The van der Waals surface area contributed by atoms with Crippen molar-refractivity contribution in [1.82, 2.24) is 9.88 Å². The third kappa shape index (κ3) is 3.04. The van der Waals surface area contributed by atoms with Crippen molar-refractivity contribution < 1.29 is 13.9 Å². The maximum Gasteiger partial charge on any atom is 0.417 e. The zero-order chi connectivity index (χ0) is 18.1. The molecular weight excluding hydrogens is 332 g/mol. The van der Waals surface area contributed by atoms with Gasteiger partial charge in [-0.2, -0.15) is 0 Å². The van der Waals surface area contributed by atoms with E-state index in [2.05, 4.69) is 4.98 Å². The fourth-order valence-electron chi connectivity index (χ4n) is 3.60. The minimum Gasteiger partial charge on any atom is -0.408 e. The van der Waals surface area contributed by atoms with E-state index in [1.165, 1.54) is 0 Å². The first-order valence-electron chi connectivity index (χ1n) is 8.69. The lowest BCUT2D eigenvalue weighted by atomic mass is 10.0. The van der Waals surface area contributed by atoms with Crippen LogP contribution in [0.3, 0.4) is 0 Å². The number of likely N-dealkylation sites (tertiary alicyclic amines) is 1. The van der Waals surface area contributed by atoms with Crippen molar-refractivity contribution in [2.45, 2.75) is 18.9 Å². The molecule has 0 saturated carbocycles. The van der Waals surface area contributed by atoms with Gasteiger partial charge in [0.15, 0.2) is 5.58 Å². The Bertz CT molecular complexity index is 1000. The Morgan fingerprint density at radius 3 is 2.96 bits per heavy atom. The second-order valence-electron chi connectivity index (χ2n) is 6.56. The minimum atomic E-state index is -0.473. The van der Waals surface area contributed by atoms with Crippen LogP contribution in [0.5, 0.6) is 0 Å². The molecule has 0 spiro atoms. The van der Waals surface area contributed by atoms with Gasteiger partial charge in [0.1, 0.15) is 0 Å². The van der Waals surface area contributed by atoms with E-state index in [0.29, 0.717) is 23.3 Å². The number of fused-ring (bicyclic) bond motifs is 1. The molecule has 1 N–H and O–H groups in total. The van der Waals surface area contributed by atoms with E-state index in [4.69, 9.17) is 9.15 Å². The fourth-order valence-corrected chi connectivity index (χ4v) is 3.60. The molecule has 1 fully saturated rings. The Morgan fingerprint density at radius 1 is 1.27 bits per heavy atom. The first kappa shape index (κ1) is 16.6. The van der Waals surface area contributed by atoms with E-state index in [1.807, 2.05) is 41.3 Å². The summed E-state index contributed by atoms with van der Waals surface area (Å²) in [4.78, 5) is 28.8. The van der Waals surface area contributed by atoms with Gasteiger partial charge in [-0.05, 0) is 48.2 Å². The molecule has 6 heteroatoms. The normalized spacial score (nSPS) is 17.1. The molecule has 4 rings (SSSR count). The number of benzene rings is 2. The Hall–Kier alpha value is -2.86. The molecule has 1 amide bonds. The Morgan fingerprint density at radius 2 is 2.12 bits per heavy atom. The van der Waals surface area contributed by atoms with Gasteiger partial charge in [0.25, 0.3) is 5.91 Å². The van der Waals surface area contributed by atoms with Crippen molar-refractivity contribution in [3.05, 3.63) is 58.6 Å². The van der Waals surface area contributed by atoms with Crippen LogP contribution in [-0.4, -0.2) is 42.1 Å². The molecule has 1 atom stereocenters. The highest BCUT2D eigenvalue weighted by Gasteiger charge is 2.29. The van der Waals surface area contributed by atoms with Crippen LogP contribution in [0, 0.1) is 0 Å². The van der Waals surface area contributed by atoms with Crippen molar-refractivity contribution in [2.75, 3.05) is 20.3 Å². The number of nitrogens with one attached hydrogen (secondary N) is 1. The predicted molar refractivity (Wildman–Crippen MR) is 98.2 cm³/mol. The fraction of sp³-hybridized carbons (Fsp3) is 0.300. The van der Waals surface area contributed by atoms with Gasteiger partial charge in [-0.25, -0.2) is 4.79 Å². The molecular formula is C20H20N2O4. The van der Waals surface area contributed by atoms with Crippen molar-refractivity contribution in [1.29, 1.82) is 0 Å². The number of oxazole rings is 1. The second-order valence-corrected chi connectivity index (χ2v) is 6.56. The number of amides is 1. The summed E-state index contributed by atoms with van der Waals surface area (Å²) in [6, 6.07) is 13.2. The van der Waals surface area contributed by atoms with E-state index >= 15 is 0 Å². The third-order valence-corrected chi connectivity index (χ3v) is 4.86. The second kappa shape index (κ2) is 6.80. The van der Waals surface area contributed by atoms with Crippen LogP contribution < -0.4 is 5.76 Å². The molecule has 1 aromatic heterocycles. The van der Waals surface area contributed by atoms with Crippen molar-refractivity contribution in [3.63, 3.8) is 0 Å². The highest BCUT2D eigenvalue weighted by atomic mass is 16.5. The summed E-state index contributed by atoms with van der Waals surface area (Å²) in [6.07, 6.45) is 1.98. The van der Waals surface area contributed by atoms with Crippen molar-refractivity contribution >= 4 is 17.0 Å². The van der Waals surface area contributed by atoms with Crippen molar-refractivity contribution in [3.8, 4) is 11.1 Å². The monoisotopic (exact) mass is 352 g/mol. The maximum absolute atomic E-state index is 12.9. The lowest BCUT2D eigenvalue weighted by molar-refractivity contribution is 0.0630. The average molecular weight is 352 g/mol. The lowest BCUT2D eigenvalue weighted by Crippen LogP contribution is -2.38. The number of H-pyrrole nitrogens is 1. The summed E-state index contributed by atoms with van der Waals surface area (Å²) in [7, 11) is 1.66. The molecule has 2 heterocycles. The number of carbonyl (C=O) groups is 1. The number of aromatic amines is 1. The Balaban J connectivity index is 1.65. The molecule has 0 aliphatic carbocycles. The van der Waals surface area contributed by atoms with E-state index in [0.717, 1.165) is 30.5 Å². The van der Waals surface area contributed by atoms with Gasteiger partial charge in [0.2, 0.25) is 0 Å². The molecule has 1 saturated heterocycles. The molecule has 134 valence electrons. The van der Waals surface area contributed by atoms with E-state index in [9.17, 15) is 9.59 Å². The summed E-state index contributed by atoms with van der Waals surface area (Å²) in [5, 5.41) is 0. The predicted octanol–water partition coefficient (Wildman–Crippen LogP) is 3.04. The topological polar surface area (TPSA) is 75.5 Å². The lowest BCUT2D eigenvalue weighted by Gasteiger charge is -2.24. The molecule has 2 aromatic carbocycles. The summed E-state index contributed by atoms with van der Waals surface area (Å²) >= 11 is 0. The van der Waals surface area contributed by atoms with Gasteiger partial charge in [-0.3, -0.25) is 9.78 Å². The number of hydrogen-bond donors (Lipinski definition) is 1. The quantitative estimate of drug-likeness (QED) is 0.783. The Labute approximate surface area is 150 Å². The first-order chi connectivity index (χ1) is 12.7. The first-order valence-corrected chi connectivity index (χ1v) is 8.69. The third-order valence-electron chi connectivity index (χ3n) is 4.86. The van der Waals surface area contributed by atoms with Crippen molar-refractivity contribution in [2.24, 2.45) is 0 Å². The zero-order valence-corrected chi connectivity index (χ0v) is 14.5. The average Bonchev–Trinajstić information content (AvgIpc) is 3.26. The maximum atomic E-state index is 12.9. The van der Waals surface area contributed by atoms with E-state index < -0.39 is 5.76 Å². The Kier molecular flexibility index (Phi) is 4.34. The van der Waals surface area contributed by atoms with Gasteiger partial charge in [0.05, 0.1) is 18.2 Å². The number of hydrogen-bond acceptors (Lipinski definition) is 4. The molecule has 6 nitrogen and oxygen atoms in total. The van der Waals surface area contributed by atoms with Gasteiger partial charge < -0.3 is 14.1 Å². The molecule has 1 aliphatic heterocycles. The molecule has 3 aromatic rings. The zero-order valence-electron chi connectivity index (χ0n) is 14.5. The summed E-state index contributed by atoms with van der Waals surface area (Å²) in [5.74, 6) is -0.441. The number of aromatic nitrogens is 1. The number of methoxy groups -OCH3 is 1. The number of rotatable bonds is 4.